The second-order valence-electron chi connectivity index (χ2n) is 4.69. The van der Waals surface area contributed by atoms with E-state index in [9.17, 15) is 0 Å². The zero-order chi connectivity index (χ0) is 12.1. The third-order valence-corrected chi connectivity index (χ3v) is 3.68. The van der Waals surface area contributed by atoms with Crippen LogP contribution < -0.4 is 0 Å². The molecular weight excluding hydrogens is 234 g/mol. The molecular formula is C14H20ClNO. The van der Waals surface area contributed by atoms with Crippen LogP contribution in [0.25, 0.3) is 0 Å². The Hall–Kier alpha value is -0.570. The van der Waals surface area contributed by atoms with E-state index in [1.807, 2.05) is 0 Å². The first kappa shape index (κ1) is 12.9. The maximum atomic E-state index is 5.86. The van der Waals surface area contributed by atoms with Gasteiger partial charge in [0.2, 0.25) is 0 Å². The fourth-order valence-electron chi connectivity index (χ4n) is 2.20. The third kappa shape index (κ3) is 3.70. The van der Waals surface area contributed by atoms with Gasteiger partial charge >= 0.3 is 0 Å². The number of hydrogen-bond donors (Lipinski definition) is 0. The quantitative estimate of drug-likeness (QED) is 0.765. The minimum absolute atomic E-state index is 0.198. The van der Waals surface area contributed by atoms with Crippen molar-refractivity contribution < 1.29 is 4.74 Å². The molecule has 0 saturated carbocycles. The van der Waals surface area contributed by atoms with Crippen LogP contribution in [0.1, 0.15) is 12.5 Å². The van der Waals surface area contributed by atoms with E-state index >= 15 is 0 Å². The number of benzene rings is 1. The lowest BCUT2D eigenvalue weighted by atomic mass is 10.1. The fourth-order valence-corrected chi connectivity index (χ4v) is 2.38. The molecule has 1 aromatic rings. The summed E-state index contributed by atoms with van der Waals surface area (Å²) in [6.07, 6.45) is 1.30. The highest BCUT2D eigenvalue weighted by Gasteiger charge is 2.24. The molecule has 1 saturated heterocycles. The number of morpholine rings is 1. The molecule has 0 N–H and O–H groups in total. The van der Waals surface area contributed by atoms with Gasteiger partial charge in [0.25, 0.3) is 0 Å². The average Bonchev–Trinajstić information content (AvgIpc) is 2.39. The number of halogens is 1. The zero-order valence-corrected chi connectivity index (χ0v) is 11.1. The number of hydrogen-bond acceptors (Lipinski definition) is 2. The molecule has 1 fully saturated rings. The Kier molecular flexibility index (Phi) is 4.84. The molecule has 0 bridgehead atoms. The Labute approximate surface area is 109 Å². The highest BCUT2D eigenvalue weighted by Crippen LogP contribution is 2.13. The molecule has 17 heavy (non-hydrogen) atoms. The SMILES string of the molecule is CC1COC(CCl)CN1CCc1ccccc1. The van der Waals surface area contributed by atoms with Gasteiger partial charge in [-0.25, -0.2) is 0 Å². The van der Waals surface area contributed by atoms with Crippen molar-refractivity contribution in [2.24, 2.45) is 0 Å². The highest BCUT2D eigenvalue weighted by molar-refractivity contribution is 6.18. The molecule has 0 aliphatic carbocycles. The van der Waals surface area contributed by atoms with E-state index in [0.29, 0.717) is 11.9 Å². The monoisotopic (exact) mass is 253 g/mol. The molecule has 2 nitrogen and oxygen atoms in total. The van der Waals surface area contributed by atoms with Gasteiger partial charge in [0.05, 0.1) is 12.7 Å². The van der Waals surface area contributed by atoms with Crippen LogP contribution in [0.5, 0.6) is 0 Å². The predicted molar refractivity (Wildman–Crippen MR) is 71.6 cm³/mol. The smallest absolute Gasteiger partial charge is 0.0837 e. The number of ether oxygens (including phenoxy) is 1. The summed E-state index contributed by atoms with van der Waals surface area (Å²) >= 11 is 5.86. The maximum absolute atomic E-state index is 5.86. The zero-order valence-electron chi connectivity index (χ0n) is 10.3. The molecule has 2 unspecified atom stereocenters. The summed E-state index contributed by atoms with van der Waals surface area (Å²) in [5.41, 5.74) is 1.40. The minimum atomic E-state index is 0.198. The van der Waals surface area contributed by atoms with Gasteiger partial charge in [-0.1, -0.05) is 30.3 Å². The van der Waals surface area contributed by atoms with Gasteiger partial charge in [-0.15, -0.1) is 11.6 Å². The van der Waals surface area contributed by atoms with Crippen molar-refractivity contribution in [3.63, 3.8) is 0 Å². The van der Waals surface area contributed by atoms with Gasteiger partial charge in [0.1, 0.15) is 0 Å². The first-order chi connectivity index (χ1) is 8.29. The van der Waals surface area contributed by atoms with Crippen LogP contribution in [0.3, 0.4) is 0 Å². The van der Waals surface area contributed by atoms with Crippen molar-refractivity contribution in [1.29, 1.82) is 0 Å². The molecule has 2 rings (SSSR count). The number of rotatable bonds is 4. The van der Waals surface area contributed by atoms with E-state index in [-0.39, 0.29) is 6.10 Å². The topological polar surface area (TPSA) is 12.5 Å². The summed E-state index contributed by atoms with van der Waals surface area (Å²) in [6, 6.07) is 11.1. The molecule has 1 heterocycles. The summed E-state index contributed by atoms with van der Waals surface area (Å²) in [6.45, 7) is 5.06. The van der Waals surface area contributed by atoms with Crippen LogP contribution in [-0.2, 0) is 11.2 Å². The standard InChI is InChI=1S/C14H20ClNO/c1-12-11-17-14(9-15)10-16(12)8-7-13-5-3-2-4-6-13/h2-6,12,14H,7-11H2,1H3. The maximum Gasteiger partial charge on any atom is 0.0837 e. The molecule has 1 aliphatic heterocycles. The highest BCUT2D eigenvalue weighted by atomic mass is 35.5. The summed E-state index contributed by atoms with van der Waals surface area (Å²) < 4.78 is 5.65. The first-order valence-corrected chi connectivity index (χ1v) is 6.78. The molecule has 3 heteroatoms. The second-order valence-corrected chi connectivity index (χ2v) is 5.00. The minimum Gasteiger partial charge on any atom is -0.374 e. The van der Waals surface area contributed by atoms with E-state index in [2.05, 4.69) is 42.2 Å². The summed E-state index contributed by atoms with van der Waals surface area (Å²) in [7, 11) is 0. The fraction of sp³-hybridized carbons (Fsp3) is 0.571. The van der Waals surface area contributed by atoms with E-state index in [4.69, 9.17) is 16.3 Å². The Morgan fingerprint density at radius 3 is 2.82 bits per heavy atom. The van der Waals surface area contributed by atoms with Crippen molar-refractivity contribution in [2.45, 2.75) is 25.5 Å². The molecule has 94 valence electrons. The van der Waals surface area contributed by atoms with Gasteiger partial charge < -0.3 is 4.74 Å². The van der Waals surface area contributed by atoms with E-state index in [1.54, 1.807) is 0 Å². The molecule has 0 aromatic heterocycles. The Morgan fingerprint density at radius 2 is 2.12 bits per heavy atom. The van der Waals surface area contributed by atoms with Crippen LogP contribution in [0.15, 0.2) is 30.3 Å². The summed E-state index contributed by atoms with van der Waals surface area (Å²) in [5.74, 6) is 0.592. The van der Waals surface area contributed by atoms with Crippen molar-refractivity contribution in [3.05, 3.63) is 35.9 Å². The molecule has 2 atom stereocenters. The predicted octanol–water partition coefficient (Wildman–Crippen LogP) is 2.56. The van der Waals surface area contributed by atoms with E-state index < -0.39 is 0 Å². The van der Waals surface area contributed by atoms with Crippen LogP contribution in [-0.4, -0.2) is 42.6 Å². The second kappa shape index (κ2) is 6.39. The summed E-state index contributed by atoms with van der Waals surface area (Å²) in [4.78, 5) is 2.48. The number of nitrogens with zero attached hydrogens (tertiary/aromatic N) is 1. The third-order valence-electron chi connectivity index (χ3n) is 3.34. The van der Waals surface area contributed by atoms with Gasteiger partial charge in [-0.05, 0) is 18.9 Å². The van der Waals surface area contributed by atoms with E-state index in [1.165, 1.54) is 5.56 Å². The molecule has 1 aromatic carbocycles. The number of alkyl halides is 1. The van der Waals surface area contributed by atoms with Crippen molar-refractivity contribution in [2.75, 3.05) is 25.6 Å². The molecule has 0 spiro atoms. The molecule has 1 aliphatic rings. The van der Waals surface area contributed by atoms with Crippen molar-refractivity contribution in [1.82, 2.24) is 4.90 Å². The lowest BCUT2D eigenvalue weighted by Crippen LogP contribution is -2.49. The Balaban J connectivity index is 1.85. The first-order valence-electron chi connectivity index (χ1n) is 6.25. The van der Waals surface area contributed by atoms with Gasteiger partial charge in [0.15, 0.2) is 0 Å². The Bertz CT molecular complexity index is 330. The normalized spacial score (nSPS) is 26.0. The van der Waals surface area contributed by atoms with Gasteiger partial charge in [-0.2, -0.15) is 0 Å². The van der Waals surface area contributed by atoms with Crippen LogP contribution in [0.4, 0.5) is 0 Å². The van der Waals surface area contributed by atoms with Gasteiger partial charge in [-0.3, -0.25) is 4.90 Å². The van der Waals surface area contributed by atoms with Crippen LogP contribution in [0.2, 0.25) is 0 Å². The molecule has 0 radical (unpaired) electrons. The lowest BCUT2D eigenvalue weighted by Gasteiger charge is -2.37. The van der Waals surface area contributed by atoms with E-state index in [0.717, 1.165) is 26.1 Å². The van der Waals surface area contributed by atoms with Crippen LogP contribution >= 0.6 is 11.6 Å². The van der Waals surface area contributed by atoms with Crippen molar-refractivity contribution >= 4 is 11.6 Å². The average molecular weight is 254 g/mol. The van der Waals surface area contributed by atoms with Gasteiger partial charge in [0, 0.05) is 25.0 Å². The lowest BCUT2D eigenvalue weighted by molar-refractivity contribution is -0.0471. The largest absolute Gasteiger partial charge is 0.374 e. The van der Waals surface area contributed by atoms with Crippen LogP contribution in [0, 0.1) is 0 Å². The molecule has 0 amide bonds. The van der Waals surface area contributed by atoms with Crippen molar-refractivity contribution in [3.8, 4) is 0 Å². The summed E-state index contributed by atoms with van der Waals surface area (Å²) in [5, 5.41) is 0. The Morgan fingerprint density at radius 1 is 1.35 bits per heavy atom.